The number of rotatable bonds is 3. The Balaban J connectivity index is 2.13. The van der Waals surface area contributed by atoms with Crippen LogP contribution in [0.2, 0.25) is 0 Å². The van der Waals surface area contributed by atoms with Crippen LogP contribution in [0.3, 0.4) is 0 Å². The van der Waals surface area contributed by atoms with Crippen molar-refractivity contribution in [2.24, 2.45) is 17.3 Å². The second kappa shape index (κ2) is 6.48. The molecule has 0 saturated heterocycles. The second-order valence-electron chi connectivity index (χ2n) is 7.95. The Morgan fingerprint density at radius 1 is 1.10 bits per heavy atom. The van der Waals surface area contributed by atoms with E-state index in [1.54, 1.807) is 0 Å². The molecule has 0 N–H and O–H groups in total. The SMILES string of the molecule is CCN(C1CCCC1)C1CC(C(C)(C)C)CCC1C#N. The van der Waals surface area contributed by atoms with Crippen LogP contribution in [0, 0.1) is 28.6 Å². The number of hydrogen-bond donors (Lipinski definition) is 0. The Morgan fingerprint density at radius 3 is 2.25 bits per heavy atom. The lowest BCUT2D eigenvalue weighted by atomic mass is 9.67. The predicted octanol–water partition coefficient (Wildman–Crippen LogP) is 4.61. The van der Waals surface area contributed by atoms with E-state index in [0.717, 1.165) is 24.9 Å². The lowest BCUT2D eigenvalue weighted by molar-refractivity contribution is 0.0385. The summed E-state index contributed by atoms with van der Waals surface area (Å²) in [6.45, 7) is 10.5. The van der Waals surface area contributed by atoms with Gasteiger partial charge in [0.25, 0.3) is 0 Å². The third-order valence-electron chi connectivity index (χ3n) is 5.79. The van der Waals surface area contributed by atoms with E-state index in [9.17, 15) is 5.26 Å². The quantitative estimate of drug-likeness (QED) is 0.753. The van der Waals surface area contributed by atoms with Crippen molar-refractivity contribution in [2.75, 3.05) is 6.54 Å². The van der Waals surface area contributed by atoms with E-state index in [4.69, 9.17) is 0 Å². The van der Waals surface area contributed by atoms with Crippen molar-refractivity contribution in [3.63, 3.8) is 0 Å². The molecule has 0 heterocycles. The summed E-state index contributed by atoms with van der Waals surface area (Å²) in [4.78, 5) is 2.69. The summed E-state index contributed by atoms with van der Waals surface area (Å²) >= 11 is 0. The third kappa shape index (κ3) is 3.37. The van der Waals surface area contributed by atoms with Gasteiger partial charge in [-0.25, -0.2) is 0 Å². The van der Waals surface area contributed by atoms with Gasteiger partial charge in [0.2, 0.25) is 0 Å². The van der Waals surface area contributed by atoms with Gasteiger partial charge in [0.05, 0.1) is 12.0 Å². The molecule has 2 aliphatic carbocycles. The summed E-state index contributed by atoms with van der Waals surface area (Å²) in [5.41, 5.74) is 0.383. The highest BCUT2D eigenvalue weighted by Gasteiger charge is 2.40. The third-order valence-corrected chi connectivity index (χ3v) is 5.79. The molecule has 0 aromatic rings. The van der Waals surface area contributed by atoms with Crippen LogP contribution in [0.1, 0.15) is 72.6 Å². The molecule has 3 unspecified atom stereocenters. The number of nitrogens with zero attached hydrogens (tertiary/aromatic N) is 2. The maximum atomic E-state index is 9.56. The molecule has 0 amide bonds. The molecule has 2 saturated carbocycles. The van der Waals surface area contributed by atoms with E-state index < -0.39 is 0 Å². The van der Waals surface area contributed by atoms with Crippen LogP contribution in [-0.4, -0.2) is 23.5 Å². The zero-order valence-electron chi connectivity index (χ0n) is 13.9. The van der Waals surface area contributed by atoms with E-state index in [1.165, 1.54) is 38.5 Å². The van der Waals surface area contributed by atoms with E-state index in [2.05, 4.69) is 38.7 Å². The largest absolute Gasteiger partial charge is 0.296 e. The van der Waals surface area contributed by atoms with Gasteiger partial charge in [0.1, 0.15) is 0 Å². The van der Waals surface area contributed by atoms with Crippen molar-refractivity contribution in [1.82, 2.24) is 4.90 Å². The smallest absolute Gasteiger partial charge is 0.0672 e. The zero-order chi connectivity index (χ0) is 14.8. The first-order valence-electron chi connectivity index (χ1n) is 8.62. The van der Waals surface area contributed by atoms with Crippen LogP contribution >= 0.6 is 0 Å². The Labute approximate surface area is 125 Å². The van der Waals surface area contributed by atoms with Gasteiger partial charge in [-0.05, 0) is 50.0 Å². The van der Waals surface area contributed by atoms with E-state index >= 15 is 0 Å². The first-order chi connectivity index (χ1) is 9.47. The van der Waals surface area contributed by atoms with Gasteiger partial charge in [0, 0.05) is 12.1 Å². The Morgan fingerprint density at radius 2 is 1.75 bits per heavy atom. The standard InChI is InChI=1S/C18H32N2/c1-5-20(16-8-6-7-9-16)17-12-15(18(2,3)4)11-10-14(17)13-19/h14-17H,5-12H2,1-4H3. The lowest BCUT2D eigenvalue weighted by Gasteiger charge is -2.46. The van der Waals surface area contributed by atoms with Gasteiger partial charge < -0.3 is 0 Å². The normalized spacial score (nSPS) is 32.5. The minimum Gasteiger partial charge on any atom is -0.296 e. The first kappa shape index (κ1) is 15.8. The Bertz CT molecular complexity index is 343. The second-order valence-corrected chi connectivity index (χ2v) is 7.95. The summed E-state index contributed by atoms with van der Waals surface area (Å²) in [6.07, 6.45) is 9.03. The molecule has 3 atom stereocenters. The van der Waals surface area contributed by atoms with Crippen LogP contribution in [0.4, 0.5) is 0 Å². The van der Waals surface area contributed by atoms with E-state index in [-0.39, 0.29) is 5.92 Å². The minimum absolute atomic E-state index is 0.258. The monoisotopic (exact) mass is 276 g/mol. The minimum atomic E-state index is 0.258. The summed E-state index contributed by atoms with van der Waals surface area (Å²) in [7, 11) is 0. The molecule has 2 heteroatoms. The van der Waals surface area contributed by atoms with Gasteiger partial charge in [0.15, 0.2) is 0 Å². The van der Waals surface area contributed by atoms with Crippen LogP contribution in [0.25, 0.3) is 0 Å². The molecule has 114 valence electrons. The predicted molar refractivity (Wildman–Crippen MR) is 84.3 cm³/mol. The topological polar surface area (TPSA) is 27.0 Å². The first-order valence-corrected chi connectivity index (χ1v) is 8.62. The van der Waals surface area contributed by atoms with Gasteiger partial charge in [-0.2, -0.15) is 5.26 Å². The highest BCUT2D eigenvalue weighted by Crippen LogP contribution is 2.42. The lowest BCUT2D eigenvalue weighted by Crippen LogP contribution is -2.49. The molecule has 0 aliphatic heterocycles. The average molecular weight is 276 g/mol. The molecule has 2 aliphatic rings. The molecule has 0 radical (unpaired) electrons. The molecule has 0 spiro atoms. The van der Waals surface area contributed by atoms with Crippen molar-refractivity contribution in [1.29, 1.82) is 5.26 Å². The molecule has 2 fully saturated rings. The molecule has 0 aromatic heterocycles. The van der Waals surface area contributed by atoms with Gasteiger partial charge in [-0.1, -0.05) is 40.5 Å². The average Bonchev–Trinajstić information content (AvgIpc) is 2.92. The fourth-order valence-corrected chi connectivity index (χ4v) is 4.45. The van der Waals surface area contributed by atoms with Crippen LogP contribution in [0.15, 0.2) is 0 Å². The highest BCUT2D eigenvalue weighted by molar-refractivity contribution is 5.00. The molecule has 2 nitrogen and oxygen atoms in total. The molecular weight excluding hydrogens is 244 g/mol. The fourth-order valence-electron chi connectivity index (χ4n) is 4.45. The maximum absolute atomic E-state index is 9.56. The van der Waals surface area contributed by atoms with Crippen LogP contribution in [-0.2, 0) is 0 Å². The molecule has 2 rings (SSSR count). The van der Waals surface area contributed by atoms with Crippen molar-refractivity contribution in [3.05, 3.63) is 0 Å². The molecule has 0 aromatic carbocycles. The van der Waals surface area contributed by atoms with Gasteiger partial charge in [-0.15, -0.1) is 0 Å². The number of hydrogen-bond acceptors (Lipinski definition) is 2. The highest BCUT2D eigenvalue weighted by atomic mass is 15.2. The Hall–Kier alpha value is -0.550. The van der Waals surface area contributed by atoms with Crippen molar-refractivity contribution >= 4 is 0 Å². The molecule has 20 heavy (non-hydrogen) atoms. The molecular formula is C18H32N2. The van der Waals surface area contributed by atoms with Gasteiger partial charge >= 0.3 is 0 Å². The summed E-state index contributed by atoms with van der Waals surface area (Å²) in [5, 5.41) is 9.56. The Kier molecular flexibility index (Phi) is 5.13. The van der Waals surface area contributed by atoms with Gasteiger partial charge in [-0.3, -0.25) is 4.90 Å². The van der Waals surface area contributed by atoms with Crippen LogP contribution < -0.4 is 0 Å². The van der Waals surface area contributed by atoms with Crippen LogP contribution in [0.5, 0.6) is 0 Å². The van der Waals surface area contributed by atoms with Crippen molar-refractivity contribution in [3.8, 4) is 6.07 Å². The number of nitriles is 1. The molecule has 0 bridgehead atoms. The summed E-state index contributed by atoms with van der Waals surface area (Å²) < 4.78 is 0. The van der Waals surface area contributed by atoms with E-state index in [1.807, 2.05) is 0 Å². The van der Waals surface area contributed by atoms with Crippen molar-refractivity contribution in [2.45, 2.75) is 84.7 Å². The fraction of sp³-hybridized carbons (Fsp3) is 0.944. The summed E-state index contributed by atoms with van der Waals surface area (Å²) in [5.74, 6) is 1.03. The zero-order valence-corrected chi connectivity index (χ0v) is 13.9. The summed E-state index contributed by atoms with van der Waals surface area (Å²) in [6, 6.07) is 3.88. The van der Waals surface area contributed by atoms with E-state index in [0.29, 0.717) is 11.5 Å². The van der Waals surface area contributed by atoms with Crippen molar-refractivity contribution < 1.29 is 0 Å². The maximum Gasteiger partial charge on any atom is 0.0672 e.